The maximum Gasteiger partial charge on any atom is 0.315 e. The Labute approximate surface area is 139 Å². The molecule has 22 heavy (non-hydrogen) atoms. The second kappa shape index (κ2) is 7.80. The molecule has 0 saturated carbocycles. The van der Waals surface area contributed by atoms with Crippen LogP contribution in [0.5, 0.6) is 0 Å². The maximum absolute atomic E-state index is 12.0. The Morgan fingerprint density at radius 3 is 2.68 bits per heavy atom. The van der Waals surface area contributed by atoms with Crippen molar-refractivity contribution in [1.82, 2.24) is 15.5 Å². The Hall–Kier alpha value is -1.31. The molecule has 4 N–H and O–H groups in total. The molecule has 0 spiro atoms. The zero-order chi connectivity index (χ0) is 16.1. The molecule has 122 valence electrons. The first-order valence-corrected chi connectivity index (χ1v) is 8.46. The minimum Gasteiger partial charge on any atom is -0.369 e. The van der Waals surface area contributed by atoms with Gasteiger partial charge in [-0.05, 0) is 31.9 Å². The lowest BCUT2D eigenvalue weighted by Gasteiger charge is -2.31. The predicted octanol–water partition coefficient (Wildman–Crippen LogP) is 1.71. The zero-order valence-electron chi connectivity index (χ0n) is 12.5. The number of nitrogens with zero attached hydrogens (tertiary/aromatic N) is 1. The van der Waals surface area contributed by atoms with Crippen molar-refractivity contribution in [2.75, 3.05) is 19.6 Å². The molecule has 1 saturated heterocycles. The molecule has 3 amide bonds. The number of piperidine rings is 1. The van der Waals surface area contributed by atoms with Crippen LogP contribution in [0.15, 0.2) is 12.1 Å². The molecule has 1 aliphatic rings. The van der Waals surface area contributed by atoms with Gasteiger partial charge in [-0.15, -0.1) is 11.3 Å². The monoisotopic (exact) mass is 344 g/mol. The van der Waals surface area contributed by atoms with Gasteiger partial charge in [-0.1, -0.05) is 11.6 Å². The summed E-state index contributed by atoms with van der Waals surface area (Å²) < 4.78 is 0.714. The van der Waals surface area contributed by atoms with Crippen LogP contribution in [0.4, 0.5) is 4.79 Å². The number of primary amides is 1. The van der Waals surface area contributed by atoms with E-state index in [0.717, 1.165) is 30.8 Å². The summed E-state index contributed by atoms with van der Waals surface area (Å²) in [7, 11) is 0. The highest BCUT2D eigenvalue weighted by Gasteiger charge is 2.22. The molecule has 1 aromatic heterocycles. The molecule has 2 rings (SSSR count). The topological polar surface area (TPSA) is 87.5 Å². The molecular weight excluding hydrogens is 324 g/mol. The van der Waals surface area contributed by atoms with Crippen molar-refractivity contribution in [3.63, 3.8) is 0 Å². The number of nitrogens with one attached hydrogen (secondary N) is 2. The second-order valence-corrected chi connectivity index (χ2v) is 7.24. The van der Waals surface area contributed by atoms with E-state index in [1.54, 1.807) is 0 Å². The van der Waals surface area contributed by atoms with Crippen LogP contribution in [0.2, 0.25) is 4.34 Å². The fourth-order valence-electron chi connectivity index (χ4n) is 2.51. The van der Waals surface area contributed by atoms with Crippen LogP contribution in [0, 0.1) is 0 Å². The Balaban J connectivity index is 1.73. The Bertz CT molecular complexity index is 529. The van der Waals surface area contributed by atoms with E-state index < -0.39 is 0 Å². The number of hydrogen-bond acceptors (Lipinski definition) is 4. The summed E-state index contributed by atoms with van der Waals surface area (Å²) in [5.74, 6) is -0.312. The van der Waals surface area contributed by atoms with E-state index in [2.05, 4.69) is 10.6 Å². The van der Waals surface area contributed by atoms with Gasteiger partial charge >= 0.3 is 6.03 Å². The Morgan fingerprint density at radius 1 is 1.45 bits per heavy atom. The fourth-order valence-corrected chi connectivity index (χ4v) is 3.57. The number of urea groups is 1. The van der Waals surface area contributed by atoms with Gasteiger partial charge in [0.2, 0.25) is 5.91 Å². The molecule has 0 bridgehead atoms. The van der Waals surface area contributed by atoms with Gasteiger partial charge in [0.25, 0.3) is 0 Å². The molecule has 1 atom stereocenters. The molecule has 0 aromatic carbocycles. The summed E-state index contributed by atoms with van der Waals surface area (Å²) in [5, 5.41) is 5.89. The lowest BCUT2D eigenvalue weighted by atomic mass is 10.1. The quantitative estimate of drug-likeness (QED) is 0.760. The van der Waals surface area contributed by atoms with E-state index in [1.807, 2.05) is 24.0 Å². The second-order valence-electron chi connectivity index (χ2n) is 5.50. The smallest absolute Gasteiger partial charge is 0.315 e. The summed E-state index contributed by atoms with van der Waals surface area (Å²) >= 11 is 7.36. The third-order valence-electron chi connectivity index (χ3n) is 3.67. The maximum atomic E-state index is 12.0. The number of carbonyl (C=O) groups excluding carboxylic acids is 2. The van der Waals surface area contributed by atoms with E-state index in [4.69, 9.17) is 17.3 Å². The van der Waals surface area contributed by atoms with Crippen molar-refractivity contribution in [3.05, 3.63) is 21.3 Å². The molecular formula is C14H21ClN4O2S. The third kappa shape index (κ3) is 5.15. The summed E-state index contributed by atoms with van der Waals surface area (Å²) in [6.07, 6.45) is 1.64. The van der Waals surface area contributed by atoms with Gasteiger partial charge in [0, 0.05) is 24.0 Å². The summed E-state index contributed by atoms with van der Waals surface area (Å²) in [5.41, 5.74) is 5.18. The van der Waals surface area contributed by atoms with E-state index in [1.165, 1.54) is 11.3 Å². The fraction of sp³-hybridized carbons (Fsp3) is 0.571. The van der Waals surface area contributed by atoms with Gasteiger partial charge in [-0.2, -0.15) is 0 Å². The standard InChI is InChI=1S/C14H21ClN4O2S/c1-9(11-2-3-12(15)22-11)17-14(21)18-10-4-6-19(7-5-10)8-13(16)20/h2-3,9-10H,4-8H2,1H3,(H2,16,20)(H2,17,18,21). The number of hydrogen-bond donors (Lipinski definition) is 3. The van der Waals surface area contributed by atoms with Gasteiger partial charge < -0.3 is 16.4 Å². The van der Waals surface area contributed by atoms with Crippen LogP contribution in [-0.4, -0.2) is 42.5 Å². The lowest BCUT2D eigenvalue weighted by Crippen LogP contribution is -2.49. The molecule has 1 aromatic rings. The molecule has 6 nitrogen and oxygen atoms in total. The van der Waals surface area contributed by atoms with Crippen molar-refractivity contribution in [2.45, 2.75) is 31.8 Å². The highest BCUT2D eigenvalue weighted by Crippen LogP contribution is 2.26. The van der Waals surface area contributed by atoms with E-state index in [9.17, 15) is 9.59 Å². The number of carbonyl (C=O) groups is 2. The average molecular weight is 345 g/mol. The Kier molecular flexibility index (Phi) is 6.05. The van der Waals surface area contributed by atoms with Gasteiger partial charge in [0.15, 0.2) is 0 Å². The van der Waals surface area contributed by atoms with Gasteiger partial charge in [0.05, 0.1) is 16.9 Å². The summed E-state index contributed by atoms with van der Waals surface area (Å²) in [6.45, 7) is 3.75. The van der Waals surface area contributed by atoms with Crippen molar-refractivity contribution in [3.8, 4) is 0 Å². The molecule has 1 unspecified atom stereocenters. The van der Waals surface area contributed by atoms with Crippen molar-refractivity contribution in [2.24, 2.45) is 5.73 Å². The van der Waals surface area contributed by atoms with Crippen LogP contribution in [0.25, 0.3) is 0 Å². The molecule has 1 fully saturated rings. The van der Waals surface area contributed by atoms with Gasteiger partial charge in [0.1, 0.15) is 0 Å². The molecule has 2 heterocycles. The van der Waals surface area contributed by atoms with Crippen LogP contribution in [0.1, 0.15) is 30.7 Å². The lowest BCUT2D eigenvalue weighted by molar-refractivity contribution is -0.119. The van der Waals surface area contributed by atoms with Crippen molar-refractivity contribution < 1.29 is 9.59 Å². The number of likely N-dealkylation sites (tertiary alicyclic amines) is 1. The normalized spacial score (nSPS) is 17.9. The number of thiophene rings is 1. The zero-order valence-corrected chi connectivity index (χ0v) is 14.0. The first-order chi connectivity index (χ1) is 10.4. The molecule has 1 aliphatic heterocycles. The van der Waals surface area contributed by atoms with Crippen LogP contribution in [0.3, 0.4) is 0 Å². The molecule has 8 heteroatoms. The Morgan fingerprint density at radius 2 is 2.14 bits per heavy atom. The molecule has 0 aliphatic carbocycles. The van der Waals surface area contributed by atoms with E-state index in [0.29, 0.717) is 4.34 Å². The number of halogens is 1. The number of amides is 3. The van der Waals surface area contributed by atoms with Crippen molar-refractivity contribution >= 4 is 34.9 Å². The first kappa shape index (κ1) is 17.1. The summed E-state index contributed by atoms with van der Waals surface area (Å²) in [6, 6.07) is 3.62. The minimum atomic E-state index is -0.312. The van der Waals surface area contributed by atoms with Crippen LogP contribution in [-0.2, 0) is 4.79 Å². The highest BCUT2D eigenvalue weighted by atomic mass is 35.5. The van der Waals surface area contributed by atoms with Crippen LogP contribution >= 0.6 is 22.9 Å². The van der Waals surface area contributed by atoms with Gasteiger partial charge in [-0.25, -0.2) is 4.79 Å². The van der Waals surface area contributed by atoms with Gasteiger partial charge in [-0.3, -0.25) is 9.69 Å². The largest absolute Gasteiger partial charge is 0.369 e. The predicted molar refractivity (Wildman–Crippen MR) is 88.1 cm³/mol. The average Bonchev–Trinajstić information content (AvgIpc) is 2.87. The van der Waals surface area contributed by atoms with E-state index in [-0.39, 0.29) is 30.6 Å². The number of rotatable bonds is 5. The minimum absolute atomic E-state index is 0.0764. The first-order valence-electron chi connectivity index (χ1n) is 7.27. The SMILES string of the molecule is CC(NC(=O)NC1CCN(CC(N)=O)CC1)c1ccc(Cl)s1. The van der Waals surface area contributed by atoms with Crippen molar-refractivity contribution in [1.29, 1.82) is 0 Å². The highest BCUT2D eigenvalue weighted by molar-refractivity contribution is 7.16. The summed E-state index contributed by atoms with van der Waals surface area (Å²) in [4.78, 5) is 25.9. The van der Waals surface area contributed by atoms with E-state index >= 15 is 0 Å². The molecule has 0 radical (unpaired) electrons. The number of nitrogens with two attached hydrogens (primary N) is 1. The van der Waals surface area contributed by atoms with Crippen LogP contribution < -0.4 is 16.4 Å². The third-order valence-corrected chi connectivity index (χ3v) is 5.08.